The van der Waals surface area contributed by atoms with Gasteiger partial charge in [-0.1, -0.05) is 24.3 Å². The van der Waals surface area contributed by atoms with Crippen LogP contribution in [0.4, 0.5) is 0 Å². The summed E-state index contributed by atoms with van der Waals surface area (Å²) in [5.41, 5.74) is 2.41. The van der Waals surface area contributed by atoms with Gasteiger partial charge in [0.25, 0.3) is 0 Å². The Morgan fingerprint density at radius 3 is 2.84 bits per heavy atom. The molecule has 0 aromatic heterocycles. The van der Waals surface area contributed by atoms with Crippen LogP contribution in [0.2, 0.25) is 0 Å². The maximum Gasteiger partial charge on any atom is 0.229 e. The monoisotopic (exact) mass is 262 g/mol. The molecule has 1 aliphatic rings. The van der Waals surface area contributed by atoms with E-state index in [1.165, 1.54) is 11.1 Å². The number of rotatable bonds is 4. The van der Waals surface area contributed by atoms with Crippen molar-refractivity contribution >= 4 is 5.91 Å². The zero-order valence-corrected chi connectivity index (χ0v) is 11.8. The number of ether oxygens (including phenoxy) is 1. The minimum Gasteiger partial charge on any atom is -0.379 e. The molecule has 0 bridgehead atoms. The van der Waals surface area contributed by atoms with Gasteiger partial charge < -0.3 is 15.0 Å². The van der Waals surface area contributed by atoms with Crippen LogP contribution in [0.5, 0.6) is 0 Å². The molecule has 1 saturated heterocycles. The molecule has 0 radical (unpaired) electrons. The summed E-state index contributed by atoms with van der Waals surface area (Å²) in [6.45, 7) is 3.86. The second kappa shape index (κ2) is 6.17. The number of hydrogen-bond donors (Lipinski definition) is 1. The predicted molar refractivity (Wildman–Crippen MR) is 74.8 cm³/mol. The van der Waals surface area contributed by atoms with Gasteiger partial charge in [0.1, 0.15) is 0 Å². The second-order valence-electron chi connectivity index (χ2n) is 5.16. The van der Waals surface area contributed by atoms with E-state index in [1.807, 2.05) is 26.2 Å². The Hall–Kier alpha value is -1.39. The van der Waals surface area contributed by atoms with E-state index in [1.54, 1.807) is 4.90 Å². The fourth-order valence-electron chi connectivity index (χ4n) is 2.49. The van der Waals surface area contributed by atoms with Crippen LogP contribution in [-0.2, 0) is 16.1 Å². The molecule has 0 spiro atoms. The summed E-state index contributed by atoms with van der Waals surface area (Å²) in [7, 11) is 3.74. The third kappa shape index (κ3) is 3.14. The molecule has 104 valence electrons. The first kappa shape index (κ1) is 14.0. The van der Waals surface area contributed by atoms with Gasteiger partial charge in [-0.2, -0.15) is 0 Å². The van der Waals surface area contributed by atoms with Crippen LogP contribution >= 0.6 is 0 Å². The van der Waals surface area contributed by atoms with Gasteiger partial charge in [-0.3, -0.25) is 4.79 Å². The molecule has 1 fully saturated rings. The zero-order chi connectivity index (χ0) is 13.8. The predicted octanol–water partition coefficient (Wildman–Crippen LogP) is 1.19. The molecular formula is C15H22N2O2. The summed E-state index contributed by atoms with van der Waals surface area (Å²) in [5.74, 6) is 0.0825. The van der Waals surface area contributed by atoms with Crippen molar-refractivity contribution in [3.05, 3.63) is 35.4 Å². The average Bonchev–Trinajstić information content (AvgIpc) is 2.88. The fourth-order valence-corrected chi connectivity index (χ4v) is 2.49. The number of carbonyl (C=O) groups is 1. The molecule has 2 atom stereocenters. The number of nitrogens with one attached hydrogen (secondary N) is 1. The number of amides is 1. The maximum absolute atomic E-state index is 12.4. The van der Waals surface area contributed by atoms with E-state index in [9.17, 15) is 4.79 Å². The second-order valence-corrected chi connectivity index (χ2v) is 5.16. The first-order valence-electron chi connectivity index (χ1n) is 6.68. The first-order valence-corrected chi connectivity index (χ1v) is 6.68. The van der Waals surface area contributed by atoms with Crippen LogP contribution in [0.1, 0.15) is 11.1 Å². The van der Waals surface area contributed by atoms with Gasteiger partial charge in [0.2, 0.25) is 5.91 Å². The van der Waals surface area contributed by atoms with Crippen molar-refractivity contribution < 1.29 is 9.53 Å². The Balaban J connectivity index is 2.02. The summed E-state index contributed by atoms with van der Waals surface area (Å²) < 4.78 is 5.40. The summed E-state index contributed by atoms with van der Waals surface area (Å²) in [6.07, 6.45) is 0. The quantitative estimate of drug-likeness (QED) is 0.886. The number of likely N-dealkylation sites (N-methyl/N-ethyl adjacent to an activating group) is 1. The number of aryl methyl sites for hydroxylation is 1. The number of benzene rings is 1. The zero-order valence-electron chi connectivity index (χ0n) is 11.8. The van der Waals surface area contributed by atoms with Gasteiger partial charge in [0.05, 0.1) is 19.1 Å². The third-order valence-electron chi connectivity index (χ3n) is 3.81. The molecule has 4 nitrogen and oxygen atoms in total. The van der Waals surface area contributed by atoms with E-state index in [-0.39, 0.29) is 17.9 Å². The van der Waals surface area contributed by atoms with Crippen molar-refractivity contribution in [2.24, 2.45) is 5.92 Å². The van der Waals surface area contributed by atoms with Crippen molar-refractivity contribution in [1.82, 2.24) is 10.2 Å². The number of hydrogen-bond acceptors (Lipinski definition) is 3. The van der Waals surface area contributed by atoms with E-state index in [0.717, 1.165) is 0 Å². The molecule has 1 aromatic carbocycles. The van der Waals surface area contributed by atoms with Crippen molar-refractivity contribution in [2.75, 3.05) is 27.3 Å². The van der Waals surface area contributed by atoms with Gasteiger partial charge in [0, 0.05) is 19.6 Å². The Morgan fingerprint density at radius 1 is 1.42 bits per heavy atom. The van der Waals surface area contributed by atoms with Gasteiger partial charge in [-0.05, 0) is 25.1 Å². The van der Waals surface area contributed by atoms with Crippen LogP contribution in [0, 0.1) is 12.8 Å². The van der Waals surface area contributed by atoms with Gasteiger partial charge >= 0.3 is 0 Å². The average molecular weight is 262 g/mol. The standard InChI is InChI=1S/C15H22N2O2/c1-11-6-4-5-7-12(11)8-17(3)15(18)13-9-19-10-14(13)16-2/h4-7,13-14,16H,8-10H2,1-3H3. The molecule has 1 aliphatic heterocycles. The van der Waals surface area contributed by atoms with Gasteiger partial charge in [-0.15, -0.1) is 0 Å². The summed E-state index contributed by atoms with van der Waals surface area (Å²) >= 11 is 0. The lowest BCUT2D eigenvalue weighted by molar-refractivity contribution is -0.135. The first-order chi connectivity index (χ1) is 9.13. The molecule has 1 N–H and O–H groups in total. The Kier molecular flexibility index (Phi) is 4.56. The minimum absolute atomic E-state index is 0.0704. The van der Waals surface area contributed by atoms with E-state index in [2.05, 4.69) is 24.4 Å². The maximum atomic E-state index is 12.4. The smallest absolute Gasteiger partial charge is 0.229 e. The molecule has 19 heavy (non-hydrogen) atoms. The van der Waals surface area contributed by atoms with Crippen molar-refractivity contribution in [2.45, 2.75) is 19.5 Å². The molecule has 1 aromatic rings. The lowest BCUT2D eigenvalue weighted by Crippen LogP contribution is -2.43. The van der Waals surface area contributed by atoms with Gasteiger partial charge in [-0.25, -0.2) is 0 Å². The van der Waals surface area contributed by atoms with E-state index < -0.39 is 0 Å². The Morgan fingerprint density at radius 2 is 2.16 bits per heavy atom. The molecular weight excluding hydrogens is 240 g/mol. The highest BCUT2D eigenvalue weighted by molar-refractivity contribution is 5.79. The topological polar surface area (TPSA) is 41.6 Å². The lowest BCUT2D eigenvalue weighted by Gasteiger charge is -2.24. The van der Waals surface area contributed by atoms with E-state index in [4.69, 9.17) is 4.74 Å². The summed E-state index contributed by atoms with van der Waals surface area (Å²) in [5, 5.41) is 3.15. The highest BCUT2D eigenvalue weighted by Crippen LogP contribution is 2.18. The fraction of sp³-hybridized carbons (Fsp3) is 0.533. The van der Waals surface area contributed by atoms with Crippen molar-refractivity contribution in [3.8, 4) is 0 Å². The normalized spacial score (nSPS) is 22.5. The summed E-state index contributed by atoms with van der Waals surface area (Å²) in [4.78, 5) is 14.2. The molecule has 0 saturated carbocycles. The molecule has 2 unspecified atom stereocenters. The molecule has 1 amide bonds. The third-order valence-corrected chi connectivity index (χ3v) is 3.81. The highest BCUT2D eigenvalue weighted by atomic mass is 16.5. The minimum atomic E-state index is -0.0704. The summed E-state index contributed by atoms with van der Waals surface area (Å²) in [6, 6.07) is 8.30. The van der Waals surface area contributed by atoms with Crippen LogP contribution in [-0.4, -0.2) is 44.2 Å². The van der Waals surface area contributed by atoms with E-state index >= 15 is 0 Å². The SMILES string of the molecule is CNC1COCC1C(=O)N(C)Cc1ccccc1C. The Labute approximate surface area is 114 Å². The molecule has 2 rings (SSSR count). The van der Waals surface area contributed by atoms with Crippen molar-refractivity contribution in [3.63, 3.8) is 0 Å². The van der Waals surface area contributed by atoms with Crippen LogP contribution in [0.3, 0.4) is 0 Å². The highest BCUT2D eigenvalue weighted by Gasteiger charge is 2.34. The van der Waals surface area contributed by atoms with Crippen LogP contribution in [0.15, 0.2) is 24.3 Å². The van der Waals surface area contributed by atoms with Crippen LogP contribution < -0.4 is 5.32 Å². The lowest BCUT2D eigenvalue weighted by atomic mass is 10.0. The molecule has 4 heteroatoms. The molecule has 1 heterocycles. The largest absolute Gasteiger partial charge is 0.379 e. The number of nitrogens with zero attached hydrogens (tertiary/aromatic N) is 1. The van der Waals surface area contributed by atoms with Crippen molar-refractivity contribution in [1.29, 1.82) is 0 Å². The molecule has 0 aliphatic carbocycles. The van der Waals surface area contributed by atoms with Crippen LogP contribution in [0.25, 0.3) is 0 Å². The Bertz CT molecular complexity index is 448. The number of carbonyl (C=O) groups excluding carboxylic acids is 1. The van der Waals surface area contributed by atoms with Gasteiger partial charge in [0.15, 0.2) is 0 Å². The van der Waals surface area contributed by atoms with E-state index in [0.29, 0.717) is 19.8 Å².